The molecular formula is C27H29F3N4O3. The Kier molecular flexibility index (Phi) is 6.39. The Labute approximate surface area is 212 Å². The lowest BCUT2D eigenvalue weighted by molar-refractivity contribution is -0.137. The summed E-state index contributed by atoms with van der Waals surface area (Å²) in [6.45, 7) is 0.838. The first-order chi connectivity index (χ1) is 17.6. The second kappa shape index (κ2) is 9.41. The highest BCUT2D eigenvalue weighted by Gasteiger charge is 2.36. The van der Waals surface area contributed by atoms with Crippen molar-refractivity contribution in [2.75, 3.05) is 44.1 Å². The molecule has 5 rings (SSSR count). The Morgan fingerprint density at radius 1 is 1.11 bits per heavy atom. The molecule has 1 aliphatic heterocycles. The van der Waals surface area contributed by atoms with E-state index in [1.807, 2.05) is 36.0 Å². The molecule has 1 aliphatic carbocycles. The van der Waals surface area contributed by atoms with Crippen molar-refractivity contribution in [1.82, 2.24) is 9.78 Å². The zero-order valence-corrected chi connectivity index (χ0v) is 21.0. The van der Waals surface area contributed by atoms with Gasteiger partial charge in [0.1, 0.15) is 5.75 Å². The highest BCUT2D eigenvalue weighted by atomic mass is 19.4. The van der Waals surface area contributed by atoms with Gasteiger partial charge in [-0.15, -0.1) is 0 Å². The van der Waals surface area contributed by atoms with E-state index in [2.05, 4.69) is 5.10 Å². The second-order valence-electron chi connectivity index (χ2n) is 9.75. The molecule has 2 aliphatic rings. The van der Waals surface area contributed by atoms with E-state index in [1.54, 1.807) is 13.2 Å². The van der Waals surface area contributed by atoms with E-state index in [-0.39, 0.29) is 5.69 Å². The lowest BCUT2D eigenvalue weighted by Crippen LogP contribution is -2.29. The SMILES string of the molecule is COc1ccc(-c2nn(-c3cc(N4CC[C@H](O)C4)ccc3C(F)(F)F)c(=O)c3c2CCC3)cc1N(C)C. The summed E-state index contributed by atoms with van der Waals surface area (Å²) in [5.41, 5.74) is 2.00. The van der Waals surface area contributed by atoms with Crippen molar-refractivity contribution in [3.8, 4) is 22.7 Å². The van der Waals surface area contributed by atoms with Gasteiger partial charge in [0.05, 0.1) is 35.8 Å². The number of hydrogen-bond donors (Lipinski definition) is 1. The lowest BCUT2D eigenvalue weighted by Gasteiger charge is -2.22. The topological polar surface area (TPSA) is 70.8 Å². The van der Waals surface area contributed by atoms with E-state index in [1.165, 1.54) is 12.1 Å². The van der Waals surface area contributed by atoms with E-state index >= 15 is 0 Å². The quantitative estimate of drug-likeness (QED) is 0.554. The van der Waals surface area contributed by atoms with Crippen molar-refractivity contribution in [1.29, 1.82) is 0 Å². The van der Waals surface area contributed by atoms with Crippen molar-refractivity contribution in [3.05, 3.63) is 63.4 Å². The van der Waals surface area contributed by atoms with Crippen LogP contribution < -0.4 is 20.1 Å². The third-order valence-corrected chi connectivity index (χ3v) is 7.13. The first-order valence-corrected chi connectivity index (χ1v) is 12.2. The first kappa shape index (κ1) is 25.1. The number of ether oxygens (including phenoxy) is 1. The molecule has 3 aromatic rings. The maximum atomic E-state index is 14.1. The zero-order valence-electron chi connectivity index (χ0n) is 21.0. The van der Waals surface area contributed by atoms with Gasteiger partial charge in [-0.1, -0.05) is 0 Å². The fourth-order valence-electron chi connectivity index (χ4n) is 5.26. The maximum Gasteiger partial charge on any atom is 0.418 e. The number of hydrogen-bond acceptors (Lipinski definition) is 6. The number of rotatable bonds is 5. The molecule has 1 N–H and O–H groups in total. The van der Waals surface area contributed by atoms with Crippen LogP contribution in [-0.4, -0.2) is 55.3 Å². The van der Waals surface area contributed by atoms with Crippen LogP contribution in [0.1, 0.15) is 29.5 Å². The van der Waals surface area contributed by atoms with Gasteiger partial charge in [-0.2, -0.15) is 23.0 Å². The molecule has 1 aromatic heterocycles. The Morgan fingerprint density at radius 2 is 1.86 bits per heavy atom. The number of fused-ring (bicyclic) bond motifs is 1. The van der Waals surface area contributed by atoms with Crippen molar-refractivity contribution >= 4 is 11.4 Å². The van der Waals surface area contributed by atoms with E-state index in [0.29, 0.717) is 60.6 Å². The molecule has 0 bridgehead atoms. The summed E-state index contributed by atoms with van der Waals surface area (Å²) >= 11 is 0. The fourth-order valence-corrected chi connectivity index (χ4v) is 5.26. The van der Waals surface area contributed by atoms with Gasteiger partial charge in [-0.3, -0.25) is 4.79 Å². The minimum Gasteiger partial charge on any atom is -0.495 e. The number of aliphatic hydroxyl groups excluding tert-OH is 1. The first-order valence-electron chi connectivity index (χ1n) is 12.2. The van der Waals surface area contributed by atoms with Gasteiger partial charge in [0, 0.05) is 44.0 Å². The van der Waals surface area contributed by atoms with Gasteiger partial charge >= 0.3 is 6.18 Å². The number of alkyl halides is 3. The summed E-state index contributed by atoms with van der Waals surface area (Å²) in [6.07, 6.45) is -2.84. The number of β-amino-alcohol motifs (C(OH)–C–C–N with tert-alkyl or cyclic N) is 1. The number of anilines is 2. The van der Waals surface area contributed by atoms with E-state index in [4.69, 9.17) is 4.74 Å². The summed E-state index contributed by atoms with van der Waals surface area (Å²) in [5.74, 6) is 0.651. The molecule has 10 heteroatoms. The highest BCUT2D eigenvalue weighted by Crippen LogP contribution is 2.38. The van der Waals surface area contributed by atoms with Gasteiger partial charge in [-0.25, -0.2) is 0 Å². The molecule has 2 heterocycles. The summed E-state index contributed by atoms with van der Waals surface area (Å²) in [5, 5.41) is 14.5. The molecule has 1 saturated heterocycles. The predicted octanol–water partition coefficient (Wildman–Crippen LogP) is 4.05. The number of aliphatic hydroxyl groups is 1. The Morgan fingerprint density at radius 3 is 2.51 bits per heavy atom. The minimum atomic E-state index is -4.68. The average molecular weight is 515 g/mol. The number of aromatic nitrogens is 2. The molecule has 1 fully saturated rings. The Hall–Kier alpha value is -3.53. The normalized spacial score (nSPS) is 17.3. The van der Waals surface area contributed by atoms with Crippen molar-refractivity contribution in [2.24, 2.45) is 0 Å². The van der Waals surface area contributed by atoms with E-state index < -0.39 is 23.4 Å². The third kappa shape index (κ3) is 4.54. The van der Waals surface area contributed by atoms with Crippen LogP contribution in [0.25, 0.3) is 16.9 Å². The number of nitrogens with zero attached hydrogens (tertiary/aromatic N) is 4. The summed E-state index contributed by atoms with van der Waals surface area (Å²) in [4.78, 5) is 17.2. The van der Waals surface area contributed by atoms with Crippen molar-refractivity contribution in [3.63, 3.8) is 0 Å². The van der Waals surface area contributed by atoms with Crippen LogP contribution in [0, 0.1) is 0 Å². The van der Waals surface area contributed by atoms with Gasteiger partial charge in [0.25, 0.3) is 5.56 Å². The molecule has 0 unspecified atom stereocenters. The van der Waals surface area contributed by atoms with Crippen LogP contribution in [0.4, 0.5) is 24.5 Å². The standard InChI is InChI=1S/C27H29F3N4O3/c1-32(2)23-13-16(7-10-24(23)37-3)25-19-5-4-6-20(19)26(36)34(31-25)22-14-17(33-12-11-18(35)15-33)8-9-21(22)27(28,29)30/h7-10,13-14,18,35H,4-6,11-12,15H2,1-3H3/t18-/m0/s1. The van der Waals surface area contributed by atoms with Crippen LogP contribution >= 0.6 is 0 Å². The molecule has 0 radical (unpaired) electrons. The monoisotopic (exact) mass is 514 g/mol. The van der Waals surface area contributed by atoms with Gasteiger partial charge in [0.15, 0.2) is 0 Å². The molecule has 0 saturated carbocycles. The number of methoxy groups -OCH3 is 1. The van der Waals surface area contributed by atoms with Crippen LogP contribution in [0.3, 0.4) is 0 Å². The van der Waals surface area contributed by atoms with Crippen LogP contribution in [0.15, 0.2) is 41.2 Å². The van der Waals surface area contributed by atoms with Gasteiger partial charge < -0.3 is 19.6 Å². The van der Waals surface area contributed by atoms with Crippen LogP contribution in [0.2, 0.25) is 0 Å². The highest BCUT2D eigenvalue weighted by molar-refractivity contribution is 5.73. The van der Waals surface area contributed by atoms with E-state index in [9.17, 15) is 23.1 Å². The molecule has 37 heavy (non-hydrogen) atoms. The fraction of sp³-hybridized carbons (Fsp3) is 0.407. The summed E-state index contributed by atoms with van der Waals surface area (Å²) in [7, 11) is 5.32. The Bertz CT molecular complexity index is 1400. The smallest absolute Gasteiger partial charge is 0.418 e. The molecule has 196 valence electrons. The Balaban J connectivity index is 1.74. The summed E-state index contributed by atoms with van der Waals surface area (Å²) in [6, 6.07) is 9.23. The van der Waals surface area contributed by atoms with Crippen molar-refractivity contribution in [2.45, 2.75) is 38.0 Å². The third-order valence-electron chi connectivity index (χ3n) is 7.13. The maximum absolute atomic E-state index is 14.1. The molecule has 0 spiro atoms. The van der Waals surface area contributed by atoms with Crippen LogP contribution in [-0.2, 0) is 19.0 Å². The molecule has 0 amide bonds. The molecule has 7 nitrogen and oxygen atoms in total. The van der Waals surface area contributed by atoms with Crippen molar-refractivity contribution < 1.29 is 23.0 Å². The van der Waals surface area contributed by atoms with E-state index in [0.717, 1.165) is 28.4 Å². The minimum absolute atomic E-state index is 0.311. The zero-order chi connectivity index (χ0) is 26.5. The summed E-state index contributed by atoms with van der Waals surface area (Å²) < 4.78 is 48.8. The number of halogens is 3. The predicted molar refractivity (Wildman–Crippen MR) is 136 cm³/mol. The molecule has 1 atom stereocenters. The molecular weight excluding hydrogens is 485 g/mol. The molecule has 2 aromatic carbocycles. The largest absolute Gasteiger partial charge is 0.495 e. The second-order valence-corrected chi connectivity index (χ2v) is 9.75. The number of benzene rings is 2. The van der Waals surface area contributed by atoms with Gasteiger partial charge in [-0.05, 0) is 67.6 Å². The lowest BCUT2D eigenvalue weighted by atomic mass is 10.0. The average Bonchev–Trinajstić information content (AvgIpc) is 3.53. The van der Waals surface area contributed by atoms with Crippen LogP contribution in [0.5, 0.6) is 5.75 Å². The van der Waals surface area contributed by atoms with Gasteiger partial charge in [0.2, 0.25) is 0 Å².